The van der Waals surface area contributed by atoms with Crippen LogP contribution >= 0.6 is 0 Å². The van der Waals surface area contributed by atoms with Crippen molar-refractivity contribution in [3.8, 4) is 0 Å². The smallest absolute Gasteiger partial charge is 0.254 e. The number of nitrogens with one attached hydrogen (secondary N) is 2. The molecular formula is C16H23N5O3. The van der Waals surface area contributed by atoms with Gasteiger partial charge in [-0.25, -0.2) is 0 Å². The molecule has 0 aromatic carbocycles. The SMILES string of the molecule is COCc1noc(CCNC(=O)c2cn[nH]c2C2CCCCC2)n1. The number of ether oxygens (including phenoxy) is 1. The van der Waals surface area contributed by atoms with Crippen molar-refractivity contribution in [2.75, 3.05) is 13.7 Å². The number of rotatable bonds is 7. The number of aromatic nitrogens is 4. The quantitative estimate of drug-likeness (QED) is 0.802. The minimum atomic E-state index is -0.110. The normalized spacial score (nSPS) is 15.5. The molecule has 0 atom stereocenters. The standard InChI is InChI=1S/C16H23N5O3/c1-23-10-13-19-14(24-21-13)7-8-17-16(22)12-9-18-20-15(12)11-5-3-2-4-6-11/h9,11H,2-8,10H2,1H3,(H,17,22)(H,18,20). The van der Waals surface area contributed by atoms with E-state index in [9.17, 15) is 4.79 Å². The van der Waals surface area contributed by atoms with E-state index in [1.807, 2.05) is 0 Å². The van der Waals surface area contributed by atoms with E-state index >= 15 is 0 Å². The van der Waals surface area contributed by atoms with Crippen molar-refractivity contribution in [2.24, 2.45) is 0 Å². The third kappa shape index (κ3) is 4.00. The summed E-state index contributed by atoms with van der Waals surface area (Å²) >= 11 is 0. The van der Waals surface area contributed by atoms with Crippen LogP contribution in [-0.4, -0.2) is 39.9 Å². The Kier molecular flexibility index (Phi) is 5.58. The van der Waals surface area contributed by atoms with Crippen molar-refractivity contribution in [3.05, 3.63) is 29.2 Å². The van der Waals surface area contributed by atoms with Gasteiger partial charge in [0.25, 0.3) is 5.91 Å². The van der Waals surface area contributed by atoms with Crippen molar-refractivity contribution < 1.29 is 14.1 Å². The zero-order valence-corrected chi connectivity index (χ0v) is 13.9. The molecule has 2 N–H and O–H groups in total. The van der Waals surface area contributed by atoms with Crippen LogP contribution in [0.25, 0.3) is 0 Å². The average Bonchev–Trinajstić information content (AvgIpc) is 3.25. The number of nitrogens with zero attached hydrogens (tertiary/aromatic N) is 3. The zero-order valence-electron chi connectivity index (χ0n) is 13.9. The van der Waals surface area contributed by atoms with Gasteiger partial charge in [0.1, 0.15) is 6.61 Å². The molecule has 1 aliphatic carbocycles. The van der Waals surface area contributed by atoms with Crippen molar-refractivity contribution in [2.45, 2.75) is 51.0 Å². The predicted molar refractivity (Wildman–Crippen MR) is 85.5 cm³/mol. The molecule has 3 rings (SSSR count). The molecular weight excluding hydrogens is 310 g/mol. The van der Waals surface area contributed by atoms with Crippen LogP contribution in [0, 0.1) is 0 Å². The second-order valence-electron chi connectivity index (χ2n) is 6.08. The first-order valence-corrected chi connectivity index (χ1v) is 8.39. The summed E-state index contributed by atoms with van der Waals surface area (Å²) in [6.07, 6.45) is 8.04. The summed E-state index contributed by atoms with van der Waals surface area (Å²) in [7, 11) is 1.57. The monoisotopic (exact) mass is 333 g/mol. The van der Waals surface area contributed by atoms with Gasteiger partial charge in [-0.3, -0.25) is 9.89 Å². The minimum Gasteiger partial charge on any atom is -0.377 e. The molecule has 1 fully saturated rings. The second kappa shape index (κ2) is 8.05. The highest BCUT2D eigenvalue weighted by Crippen LogP contribution is 2.33. The molecule has 8 heteroatoms. The summed E-state index contributed by atoms with van der Waals surface area (Å²) in [4.78, 5) is 16.6. The highest BCUT2D eigenvalue weighted by Gasteiger charge is 2.23. The van der Waals surface area contributed by atoms with Gasteiger partial charge in [0, 0.05) is 26.0 Å². The van der Waals surface area contributed by atoms with Crippen LogP contribution in [0.15, 0.2) is 10.7 Å². The molecule has 1 amide bonds. The second-order valence-corrected chi connectivity index (χ2v) is 6.08. The maximum Gasteiger partial charge on any atom is 0.254 e. The fraction of sp³-hybridized carbons (Fsp3) is 0.625. The van der Waals surface area contributed by atoms with Gasteiger partial charge < -0.3 is 14.6 Å². The largest absolute Gasteiger partial charge is 0.377 e. The van der Waals surface area contributed by atoms with Gasteiger partial charge in [-0.05, 0) is 12.8 Å². The highest BCUT2D eigenvalue weighted by molar-refractivity contribution is 5.95. The molecule has 8 nitrogen and oxygen atoms in total. The Morgan fingerprint density at radius 3 is 3.04 bits per heavy atom. The highest BCUT2D eigenvalue weighted by atomic mass is 16.5. The lowest BCUT2D eigenvalue weighted by molar-refractivity contribution is 0.0951. The van der Waals surface area contributed by atoms with Gasteiger partial charge in [0.05, 0.1) is 17.5 Å². The molecule has 0 radical (unpaired) electrons. The van der Waals surface area contributed by atoms with Gasteiger partial charge in [-0.1, -0.05) is 24.4 Å². The molecule has 2 aromatic heterocycles. The molecule has 0 aliphatic heterocycles. The summed E-state index contributed by atoms with van der Waals surface area (Å²) in [5.74, 6) is 1.30. The Bertz CT molecular complexity index is 660. The van der Waals surface area contributed by atoms with E-state index in [-0.39, 0.29) is 5.91 Å². The molecule has 24 heavy (non-hydrogen) atoms. The van der Waals surface area contributed by atoms with Gasteiger partial charge >= 0.3 is 0 Å². The Labute approximate surface area is 140 Å². The van der Waals surface area contributed by atoms with Crippen molar-refractivity contribution >= 4 is 5.91 Å². The average molecular weight is 333 g/mol. The summed E-state index contributed by atoms with van der Waals surface area (Å²) < 4.78 is 10.0. The predicted octanol–water partition coefficient (Wildman–Crippen LogP) is 1.96. The minimum absolute atomic E-state index is 0.110. The van der Waals surface area contributed by atoms with E-state index in [0.29, 0.717) is 42.8 Å². The number of methoxy groups -OCH3 is 1. The van der Waals surface area contributed by atoms with Crippen molar-refractivity contribution in [3.63, 3.8) is 0 Å². The van der Waals surface area contributed by atoms with Crippen molar-refractivity contribution in [1.29, 1.82) is 0 Å². The number of amides is 1. The molecule has 0 spiro atoms. The first-order valence-electron chi connectivity index (χ1n) is 8.39. The van der Waals surface area contributed by atoms with Crippen LogP contribution in [-0.2, 0) is 17.8 Å². The number of hydrogen-bond acceptors (Lipinski definition) is 6. The molecule has 1 aliphatic rings. The number of carbonyl (C=O) groups is 1. The molecule has 2 aromatic rings. The topological polar surface area (TPSA) is 106 Å². The number of carbonyl (C=O) groups excluding carboxylic acids is 1. The van der Waals surface area contributed by atoms with E-state index in [1.54, 1.807) is 13.3 Å². The fourth-order valence-electron chi connectivity index (χ4n) is 3.14. The maximum atomic E-state index is 12.4. The first kappa shape index (κ1) is 16.6. The zero-order chi connectivity index (χ0) is 16.8. The molecule has 0 unspecified atom stereocenters. The summed E-state index contributed by atoms with van der Waals surface area (Å²) in [6.45, 7) is 0.748. The fourth-order valence-corrected chi connectivity index (χ4v) is 3.14. The van der Waals surface area contributed by atoms with Crippen molar-refractivity contribution in [1.82, 2.24) is 25.7 Å². The summed E-state index contributed by atoms with van der Waals surface area (Å²) in [6, 6.07) is 0. The molecule has 0 saturated heterocycles. The van der Waals surface area contributed by atoms with Crippen LogP contribution < -0.4 is 5.32 Å². The maximum absolute atomic E-state index is 12.4. The van der Waals surface area contributed by atoms with Gasteiger partial charge in [-0.2, -0.15) is 10.1 Å². The van der Waals surface area contributed by atoms with Crippen LogP contribution in [0.3, 0.4) is 0 Å². The van der Waals surface area contributed by atoms with Crippen LogP contribution in [0.5, 0.6) is 0 Å². The van der Waals surface area contributed by atoms with Crippen LogP contribution in [0.1, 0.15) is 65.8 Å². The Balaban J connectivity index is 1.52. The van der Waals surface area contributed by atoms with E-state index in [4.69, 9.17) is 9.26 Å². The van der Waals surface area contributed by atoms with Crippen LogP contribution in [0.2, 0.25) is 0 Å². The Hall–Kier alpha value is -2.22. The van der Waals surface area contributed by atoms with Gasteiger partial charge in [0.15, 0.2) is 5.82 Å². The van der Waals surface area contributed by atoms with Gasteiger partial charge in [0.2, 0.25) is 5.89 Å². The lowest BCUT2D eigenvalue weighted by Gasteiger charge is -2.21. The number of H-pyrrole nitrogens is 1. The lowest BCUT2D eigenvalue weighted by Crippen LogP contribution is -2.27. The third-order valence-electron chi connectivity index (χ3n) is 4.33. The molecule has 2 heterocycles. The molecule has 130 valence electrons. The van der Waals surface area contributed by atoms with E-state index in [1.165, 1.54) is 19.3 Å². The van der Waals surface area contributed by atoms with Crippen LogP contribution in [0.4, 0.5) is 0 Å². The Morgan fingerprint density at radius 2 is 2.25 bits per heavy atom. The lowest BCUT2D eigenvalue weighted by atomic mass is 9.85. The van der Waals surface area contributed by atoms with Gasteiger partial charge in [-0.15, -0.1) is 0 Å². The van der Waals surface area contributed by atoms with E-state index < -0.39 is 0 Å². The Morgan fingerprint density at radius 1 is 1.42 bits per heavy atom. The summed E-state index contributed by atoms with van der Waals surface area (Å²) in [5, 5.41) is 13.8. The summed E-state index contributed by atoms with van der Waals surface area (Å²) in [5.41, 5.74) is 1.61. The van der Waals surface area contributed by atoms with E-state index in [2.05, 4.69) is 25.7 Å². The number of aromatic amines is 1. The molecule has 0 bridgehead atoms. The third-order valence-corrected chi connectivity index (χ3v) is 4.33. The first-order chi connectivity index (χ1) is 11.8. The number of hydrogen-bond donors (Lipinski definition) is 2. The van der Waals surface area contributed by atoms with E-state index in [0.717, 1.165) is 18.5 Å². The molecule has 1 saturated carbocycles.